The maximum atomic E-state index is 16.2. The van der Waals surface area contributed by atoms with Gasteiger partial charge in [-0.3, -0.25) is 28.9 Å². The van der Waals surface area contributed by atoms with E-state index in [2.05, 4.69) is 36.7 Å². The van der Waals surface area contributed by atoms with Crippen molar-refractivity contribution in [1.82, 2.24) is 34.6 Å². The van der Waals surface area contributed by atoms with E-state index in [-0.39, 0.29) is 34.5 Å². The molecule has 1 atom stereocenters. The molecule has 2 N–H and O–H groups in total. The molecule has 0 spiro atoms. The normalized spacial score (nSPS) is 17.4. The molecular weight excluding hydrogens is 821 g/mol. The second-order valence-electron chi connectivity index (χ2n) is 15.8. The number of aromatic nitrogens is 4. The van der Waals surface area contributed by atoms with Crippen LogP contribution in [0.2, 0.25) is 0 Å². The number of halogens is 2. The van der Waals surface area contributed by atoms with Gasteiger partial charge in [0.2, 0.25) is 15.9 Å². The minimum absolute atomic E-state index is 0.140. The van der Waals surface area contributed by atoms with E-state index < -0.39 is 45.2 Å². The highest BCUT2D eigenvalue weighted by Crippen LogP contribution is 2.37. The third-order valence-corrected chi connectivity index (χ3v) is 13.2. The fourth-order valence-corrected chi connectivity index (χ4v) is 9.78. The molecule has 0 aliphatic carbocycles. The lowest BCUT2D eigenvalue weighted by Gasteiger charge is -2.39. The summed E-state index contributed by atoms with van der Waals surface area (Å²) in [7, 11) is -3.86. The van der Waals surface area contributed by atoms with Gasteiger partial charge in [0.05, 0.1) is 33.6 Å². The van der Waals surface area contributed by atoms with Crippen LogP contribution in [0.5, 0.6) is 5.75 Å². The molecule has 62 heavy (non-hydrogen) atoms. The molecule has 1 unspecified atom stereocenters. The van der Waals surface area contributed by atoms with Crippen molar-refractivity contribution in [3.8, 4) is 22.6 Å². The first-order valence-electron chi connectivity index (χ1n) is 21.2. The van der Waals surface area contributed by atoms with Crippen LogP contribution in [0.25, 0.3) is 27.8 Å². The number of benzene rings is 2. The Balaban J connectivity index is 1.00. The number of sulfonamides is 1. The quantitative estimate of drug-likeness (QED) is 0.113. The molecule has 2 fully saturated rings. The second kappa shape index (κ2) is 18.1. The average molecular weight is 870 g/mol. The van der Waals surface area contributed by atoms with E-state index in [0.717, 1.165) is 62.4 Å². The molecule has 2 aromatic carbocycles. The van der Waals surface area contributed by atoms with E-state index in [1.54, 1.807) is 49.8 Å². The number of imide groups is 1. The number of ether oxygens (including phenoxy) is 1. The summed E-state index contributed by atoms with van der Waals surface area (Å²) in [5, 5.41) is 2.75. The zero-order chi connectivity index (χ0) is 43.5. The molecule has 3 aliphatic rings. The van der Waals surface area contributed by atoms with Crippen molar-refractivity contribution in [2.45, 2.75) is 70.9 Å². The van der Waals surface area contributed by atoms with Crippen molar-refractivity contribution in [3.05, 3.63) is 90.1 Å². The summed E-state index contributed by atoms with van der Waals surface area (Å²) < 4.78 is 66.8. The van der Waals surface area contributed by atoms with Gasteiger partial charge in [0.25, 0.3) is 11.8 Å². The Morgan fingerprint density at radius 3 is 2.48 bits per heavy atom. The van der Waals surface area contributed by atoms with Crippen LogP contribution in [0.1, 0.15) is 79.5 Å². The van der Waals surface area contributed by atoms with Gasteiger partial charge in [0, 0.05) is 68.5 Å². The van der Waals surface area contributed by atoms with Crippen LogP contribution in [0.4, 0.5) is 20.3 Å². The van der Waals surface area contributed by atoms with Crippen LogP contribution in [0.15, 0.2) is 67.4 Å². The SMILES string of the molecule is CCCCN(c1ccc2c(n1)c(-c1cncnc1)cn2-c1c(F)ccc(NS(=O)(=O)CCC)c1F)C1CCN(CCOc2cccc3c2C(=O)N(C2CCCNC2=O)C3=O)CC1. The molecule has 18 heteroatoms. The van der Waals surface area contributed by atoms with Crippen LogP contribution < -0.4 is 19.7 Å². The number of anilines is 2. The Labute approximate surface area is 358 Å². The Bertz CT molecular complexity index is 2600. The van der Waals surface area contributed by atoms with Crippen molar-refractivity contribution in [1.29, 1.82) is 0 Å². The summed E-state index contributed by atoms with van der Waals surface area (Å²) in [5.41, 5.74) is 1.65. The van der Waals surface area contributed by atoms with Crippen LogP contribution in [-0.2, 0) is 14.8 Å². The molecule has 0 bridgehead atoms. The maximum Gasteiger partial charge on any atom is 0.266 e. The van der Waals surface area contributed by atoms with Crippen LogP contribution in [0, 0.1) is 11.6 Å². The van der Waals surface area contributed by atoms with E-state index >= 15 is 8.78 Å². The van der Waals surface area contributed by atoms with Crippen molar-refractivity contribution in [3.63, 3.8) is 0 Å². The molecule has 6 heterocycles. The Hall–Kier alpha value is -6.01. The number of nitrogens with one attached hydrogen (secondary N) is 2. The van der Waals surface area contributed by atoms with Crippen molar-refractivity contribution < 1.29 is 36.3 Å². The smallest absolute Gasteiger partial charge is 0.266 e. The van der Waals surface area contributed by atoms with Gasteiger partial charge in [-0.05, 0) is 74.9 Å². The molecule has 2 saturated heterocycles. The number of hydrogen-bond donors (Lipinski definition) is 2. The van der Waals surface area contributed by atoms with E-state index in [0.29, 0.717) is 72.7 Å². The van der Waals surface area contributed by atoms with Gasteiger partial charge in [0.15, 0.2) is 5.82 Å². The predicted molar refractivity (Wildman–Crippen MR) is 230 cm³/mol. The summed E-state index contributed by atoms with van der Waals surface area (Å²) in [6.07, 6.45) is 11.1. The van der Waals surface area contributed by atoms with E-state index in [1.807, 2.05) is 6.07 Å². The number of hydrogen-bond acceptors (Lipinski definition) is 11. The number of unbranched alkanes of at least 4 members (excludes halogenated alkanes) is 1. The first-order chi connectivity index (χ1) is 30.0. The minimum atomic E-state index is -3.86. The van der Waals surface area contributed by atoms with Gasteiger partial charge >= 0.3 is 0 Å². The predicted octanol–water partition coefficient (Wildman–Crippen LogP) is 5.94. The molecule has 8 rings (SSSR count). The number of rotatable bonds is 16. The molecule has 3 aliphatic heterocycles. The largest absolute Gasteiger partial charge is 0.491 e. The van der Waals surface area contributed by atoms with Crippen LogP contribution >= 0.6 is 0 Å². The molecule has 0 saturated carbocycles. The monoisotopic (exact) mass is 869 g/mol. The fourth-order valence-electron chi connectivity index (χ4n) is 8.65. The van der Waals surface area contributed by atoms with E-state index in [1.165, 1.54) is 10.9 Å². The highest BCUT2D eigenvalue weighted by Gasteiger charge is 2.45. The number of piperidine rings is 2. The number of amides is 3. The summed E-state index contributed by atoms with van der Waals surface area (Å²) in [5.74, 6) is -2.44. The lowest BCUT2D eigenvalue weighted by Crippen LogP contribution is -2.52. The molecule has 3 aromatic heterocycles. The third kappa shape index (κ3) is 8.44. The Morgan fingerprint density at radius 2 is 1.74 bits per heavy atom. The number of nitrogens with zero attached hydrogens (tertiary/aromatic N) is 7. The number of carbonyl (C=O) groups is 3. The number of likely N-dealkylation sites (tertiary alicyclic amines) is 1. The second-order valence-corrected chi connectivity index (χ2v) is 17.7. The average Bonchev–Trinajstić information content (AvgIpc) is 3.76. The maximum absolute atomic E-state index is 16.2. The van der Waals surface area contributed by atoms with Gasteiger partial charge in [0.1, 0.15) is 42.0 Å². The zero-order valence-electron chi connectivity index (χ0n) is 34.6. The number of fused-ring (bicyclic) bond motifs is 2. The fraction of sp³-hybridized carbons (Fsp3) is 0.409. The number of carbonyl (C=O) groups excluding carboxylic acids is 3. The molecule has 326 valence electrons. The van der Waals surface area contributed by atoms with Crippen molar-refractivity contribution >= 4 is 50.3 Å². The van der Waals surface area contributed by atoms with Gasteiger partial charge in [-0.1, -0.05) is 26.3 Å². The third-order valence-electron chi connectivity index (χ3n) is 11.7. The molecule has 0 radical (unpaired) electrons. The van der Waals surface area contributed by atoms with Gasteiger partial charge < -0.3 is 19.5 Å². The van der Waals surface area contributed by atoms with Gasteiger partial charge in [-0.25, -0.2) is 32.2 Å². The summed E-state index contributed by atoms with van der Waals surface area (Å²) >= 11 is 0. The van der Waals surface area contributed by atoms with Gasteiger partial charge in [-0.2, -0.15) is 0 Å². The lowest BCUT2D eigenvalue weighted by molar-refractivity contribution is -0.126. The van der Waals surface area contributed by atoms with E-state index in [4.69, 9.17) is 9.72 Å². The number of pyridine rings is 1. The molecule has 15 nitrogen and oxygen atoms in total. The van der Waals surface area contributed by atoms with Gasteiger partial charge in [-0.15, -0.1) is 0 Å². The highest BCUT2D eigenvalue weighted by atomic mass is 32.2. The van der Waals surface area contributed by atoms with Crippen LogP contribution in [0.3, 0.4) is 0 Å². The lowest BCUT2D eigenvalue weighted by atomic mass is 10.0. The first kappa shape index (κ1) is 42.7. The van der Waals surface area contributed by atoms with Crippen molar-refractivity contribution in [2.24, 2.45) is 0 Å². The molecular formula is C44H49F2N9O6S. The first-order valence-corrected chi connectivity index (χ1v) is 22.8. The Kier molecular flexibility index (Phi) is 12.5. The summed E-state index contributed by atoms with van der Waals surface area (Å²) in [6, 6.07) is 10.0. The topological polar surface area (TPSA) is 172 Å². The molecule has 5 aromatic rings. The minimum Gasteiger partial charge on any atom is -0.491 e. The highest BCUT2D eigenvalue weighted by molar-refractivity contribution is 7.92. The standard InChI is InChI=1S/C44H49F2N9O6S/c1-3-5-18-53(29-15-19-52(20-16-29)21-22-61-36-10-6-8-30-38(36)44(58)55(43(30)57)35-9-7-17-49-42(35)56)37-14-13-34-40(50-37)31(28-24-47-27-48-25-28)26-54(34)41-32(45)11-12-33(39(41)46)51-62(59,60)23-4-2/h6,8,10-14,24-27,29,35,51H,3-5,7,9,15-23H2,1-2H3,(H,49,56). The molecule has 3 amide bonds. The Morgan fingerprint density at radius 1 is 0.952 bits per heavy atom. The summed E-state index contributed by atoms with van der Waals surface area (Å²) in [6.45, 7) is 7.51. The zero-order valence-corrected chi connectivity index (χ0v) is 35.5. The summed E-state index contributed by atoms with van der Waals surface area (Å²) in [4.78, 5) is 58.5. The van der Waals surface area contributed by atoms with E-state index in [9.17, 15) is 22.8 Å². The van der Waals surface area contributed by atoms with Crippen LogP contribution in [-0.4, -0.2) is 113 Å². The van der Waals surface area contributed by atoms with Crippen molar-refractivity contribution in [2.75, 3.05) is 54.7 Å².